The van der Waals surface area contributed by atoms with Gasteiger partial charge in [-0.25, -0.2) is 0 Å². The Morgan fingerprint density at radius 2 is 2.56 bits per heavy atom. The number of oxime groups is 1. The van der Waals surface area contributed by atoms with Crippen LogP contribution in [0.25, 0.3) is 0 Å². The molecule has 0 heterocycles. The summed E-state index contributed by atoms with van der Waals surface area (Å²) in [5.41, 5.74) is 0. The van der Waals surface area contributed by atoms with Crippen LogP contribution < -0.4 is 5.11 Å². The van der Waals surface area contributed by atoms with E-state index in [2.05, 4.69) is 32.6 Å². The molecule has 0 fully saturated rings. The molecule has 0 aliphatic carbocycles. The lowest BCUT2D eigenvalue weighted by Gasteiger charge is -1.96. The number of hydrogen-bond donors (Lipinski definition) is 0. The molecule has 0 unspecified atom stereocenters. The molecule has 0 aliphatic rings. The van der Waals surface area contributed by atoms with Gasteiger partial charge in [0.2, 0.25) is 0 Å². The molecule has 0 spiro atoms. The maximum absolute atomic E-state index is 9.65. The Morgan fingerprint density at radius 1 is 1.89 bits per heavy atom. The molecule has 4 nitrogen and oxygen atoms in total. The topological polar surface area (TPSA) is 61.7 Å². The van der Waals surface area contributed by atoms with Gasteiger partial charge in [0.1, 0.15) is 0 Å². The van der Waals surface area contributed by atoms with E-state index in [1.165, 1.54) is 6.21 Å². The largest absolute Gasteiger partial charge is 0.546 e. The molecule has 0 aromatic heterocycles. The lowest BCUT2D eigenvalue weighted by molar-refractivity contribution is -0.309. The normalized spacial score (nSPS) is 9.89. The van der Waals surface area contributed by atoms with E-state index in [9.17, 15) is 9.90 Å². The van der Waals surface area contributed by atoms with E-state index in [1.807, 2.05) is 0 Å². The summed E-state index contributed by atoms with van der Waals surface area (Å²) in [5.74, 6) is -1.26. The van der Waals surface area contributed by atoms with Gasteiger partial charge in [-0.15, -0.1) is 0 Å². The van der Waals surface area contributed by atoms with Gasteiger partial charge in [-0.1, -0.05) is 27.7 Å². The van der Waals surface area contributed by atoms with Crippen molar-refractivity contribution in [1.29, 1.82) is 0 Å². The van der Waals surface area contributed by atoms with Gasteiger partial charge in [0.25, 0.3) is 0 Å². The van der Waals surface area contributed by atoms with Crippen molar-refractivity contribution in [2.45, 2.75) is 0 Å². The second-order valence-corrected chi connectivity index (χ2v) is 1.97. The molecule has 0 rings (SSSR count). The number of carboxylic acids is 1. The van der Waals surface area contributed by atoms with Gasteiger partial charge in [0.05, 0.1) is 12.2 Å². The van der Waals surface area contributed by atoms with E-state index < -0.39 is 12.6 Å². The van der Waals surface area contributed by atoms with Crippen molar-refractivity contribution < 1.29 is 14.7 Å². The summed E-state index contributed by atoms with van der Waals surface area (Å²) in [7, 11) is 0. The van der Waals surface area contributed by atoms with E-state index in [1.54, 1.807) is 0 Å². The van der Waals surface area contributed by atoms with Crippen LogP contribution in [-0.2, 0) is 9.63 Å². The van der Waals surface area contributed by atoms with Crippen molar-refractivity contribution in [3.63, 3.8) is 0 Å². The lowest BCUT2D eigenvalue weighted by Crippen LogP contribution is -2.26. The minimum Gasteiger partial charge on any atom is -0.546 e. The number of aliphatic carboxylic acids is 1. The summed E-state index contributed by atoms with van der Waals surface area (Å²) in [6.45, 7) is -0.479. The van der Waals surface area contributed by atoms with Crippen LogP contribution in [0.5, 0.6) is 0 Å². The average molecular weight is 242 g/mol. The van der Waals surface area contributed by atoms with Gasteiger partial charge < -0.3 is 14.7 Å². The summed E-state index contributed by atoms with van der Waals surface area (Å²) in [6.07, 6.45) is 1.46. The van der Waals surface area contributed by atoms with E-state index in [0.717, 1.165) is 0 Å². The van der Waals surface area contributed by atoms with Crippen LogP contribution in [0.15, 0.2) is 5.16 Å². The fourth-order valence-electron chi connectivity index (χ4n) is 0.171. The quantitative estimate of drug-likeness (QED) is 0.280. The smallest absolute Gasteiger partial charge is 0.156 e. The number of carbonyl (C=O) groups is 1. The molecule has 5 heteroatoms. The highest BCUT2D eigenvalue weighted by molar-refractivity contribution is 14.1. The third-order valence-corrected chi connectivity index (χ3v) is 0.794. The van der Waals surface area contributed by atoms with Crippen molar-refractivity contribution in [3.8, 4) is 0 Å². The Morgan fingerprint density at radius 3 is 3.00 bits per heavy atom. The number of halogens is 1. The summed E-state index contributed by atoms with van der Waals surface area (Å²) in [4.78, 5) is 13.9. The molecule has 0 saturated heterocycles. The maximum Gasteiger partial charge on any atom is 0.156 e. The highest BCUT2D eigenvalue weighted by Gasteiger charge is 1.79. The molecular weight excluding hydrogens is 237 g/mol. The number of hydrogen-bond acceptors (Lipinski definition) is 4. The highest BCUT2D eigenvalue weighted by atomic mass is 127. The predicted molar refractivity (Wildman–Crippen MR) is 38.3 cm³/mol. The monoisotopic (exact) mass is 242 g/mol. The third kappa shape index (κ3) is 7.67. The third-order valence-electron chi connectivity index (χ3n) is 0.400. The number of carbonyl (C=O) groups excluding carboxylic acids is 1. The summed E-state index contributed by atoms with van der Waals surface area (Å²) < 4.78 is 0.699. The van der Waals surface area contributed by atoms with Crippen molar-refractivity contribution in [2.75, 3.05) is 11.0 Å². The fourth-order valence-corrected chi connectivity index (χ4v) is 0.332. The molecule has 0 bridgehead atoms. The first-order valence-corrected chi connectivity index (χ1v) is 3.69. The standard InChI is InChI=1S/C4H6INO3/c5-1-2-6-9-3-4(7)8/h2H,1,3H2,(H,7,8)/p-1/b6-2+. The van der Waals surface area contributed by atoms with Crippen molar-refractivity contribution >= 4 is 34.8 Å². The molecule has 0 atom stereocenters. The SMILES string of the molecule is O=C([O-])CO/N=C/CI. The molecular formula is C4H5INO3-. The molecule has 0 N–H and O–H groups in total. The van der Waals surface area contributed by atoms with E-state index >= 15 is 0 Å². The van der Waals surface area contributed by atoms with Crippen LogP contribution >= 0.6 is 22.6 Å². The zero-order chi connectivity index (χ0) is 7.11. The Kier molecular flexibility index (Phi) is 5.59. The summed E-state index contributed by atoms with van der Waals surface area (Å²) >= 11 is 2.05. The van der Waals surface area contributed by atoms with Crippen molar-refractivity contribution in [1.82, 2.24) is 0 Å². The van der Waals surface area contributed by atoms with Gasteiger partial charge in [0.15, 0.2) is 6.61 Å². The molecule has 0 aromatic carbocycles. The second-order valence-electron chi connectivity index (χ2n) is 1.09. The highest BCUT2D eigenvalue weighted by Crippen LogP contribution is 1.76. The Hall–Kier alpha value is -0.330. The van der Waals surface area contributed by atoms with Crippen LogP contribution in [0.4, 0.5) is 0 Å². The molecule has 0 radical (unpaired) electrons. The van der Waals surface area contributed by atoms with Gasteiger partial charge in [-0.05, 0) is 0 Å². The molecule has 0 saturated carbocycles. The van der Waals surface area contributed by atoms with E-state index in [4.69, 9.17) is 0 Å². The fraction of sp³-hybridized carbons (Fsp3) is 0.500. The van der Waals surface area contributed by atoms with Crippen LogP contribution in [0.3, 0.4) is 0 Å². The molecule has 0 amide bonds. The van der Waals surface area contributed by atoms with Crippen LogP contribution in [-0.4, -0.2) is 23.2 Å². The number of alkyl halides is 1. The van der Waals surface area contributed by atoms with Gasteiger partial charge in [-0.3, -0.25) is 0 Å². The number of nitrogens with zero attached hydrogens (tertiary/aromatic N) is 1. The van der Waals surface area contributed by atoms with Crippen molar-refractivity contribution in [2.24, 2.45) is 5.16 Å². The van der Waals surface area contributed by atoms with Crippen LogP contribution in [0.2, 0.25) is 0 Å². The first-order chi connectivity index (χ1) is 4.27. The first kappa shape index (κ1) is 8.67. The zero-order valence-corrected chi connectivity index (χ0v) is 6.70. The summed E-state index contributed by atoms with van der Waals surface area (Å²) in [6, 6.07) is 0. The first-order valence-electron chi connectivity index (χ1n) is 2.17. The van der Waals surface area contributed by atoms with Gasteiger partial charge in [-0.2, -0.15) is 0 Å². The maximum atomic E-state index is 9.65. The minimum atomic E-state index is -1.26. The Labute approximate surface area is 66.0 Å². The van der Waals surface area contributed by atoms with Crippen LogP contribution in [0.1, 0.15) is 0 Å². The molecule has 9 heavy (non-hydrogen) atoms. The molecule has 52 valence electrons. The Bertz CT molecular complexity index is 114. The Balaban J connectivity index is 3.09. The molecule has 0 aliphatic heterocycles. The predicted octanol–water partition coefficient (Wildman–Crippen LogP) is -0.826. The zero-order valence-electron chi connectivity index (χ0n) is 4.54. The van der Waals surface area contributed by atoms with E-state index in [-0.39, 0.29) is 0 Å². The number of rotatable bonds is 4. The minimum absolute atomic E-state index is 0.479. The van der Waals surface area contributed by atoms with E-state index in [0.29, 0.717) is 4.43 Å². The summed E-state index contributed by atoms with van der Waals surface area (Å²) in [5, 5.41) is 12.9. The van der Waals surface area contributed by atoms with Crippen molar-refractivity contribution in [3.05, 3.63) is 0 Å². The molecule has 0 aromatic rings. The average Bonchev–Trinajstić information content (AvgIpc) is 1.80. The van der Waals surface area contributed by atoms with Crippen LogP contribution in [0, 0.1) is 0 Å². The lowest BCUT2D eigenvalue weighted by atomic mass is 10.8. The van der Waals surface area contributed by atoms with Gasteiger partial charge >= 0.3 is 0 Å². The number of carboxylic acid groups (broad SMARTS) is 1. The second kappa shape index (κ2) is 5.80. The van der Waals surface area contributed by atoms with Gasteiger partial charge in [0, 0.05) is 4.43 Å².